The van der Waals surface area contributed by atoms with Crippen molar-refractivity contribution in [3.63, 3.8) is 0 Å². The lowest BCUT2D eigenvalue weighted by atomic mass is 10.9. The first-order chi connectivity index (χ1) is 8.40. The van der Waals surface area contributed by atoms with Crippen molar-refractivity contribution in [2.45, 2.75) is 38.9 Å². The van der Waals surface area contributed by atoms with Crippen LogP contribution in [0.3, 0.4) is 0 Å². The molecular formula is C10H22O6S2Si. The van der Waals surface area contributed by atoms with Crippen LogP contribution >= 0.6 is 0 Å². The predicted octanol–water partition coefficient (Wildman–Crippen LogP) is 2.45. The smallest absolute Gasteiger partial charge is 0.282 e. The Hall–Kier alpha value is -0.483. The number of hydrogen-bond acceptors (Lipinski definition) is 4. The lowest BCUT2D eigenvalue weighted by Crippen LogP contribution is -2.37. The van der Waals surface area contributed by atoms with Gasteiger partial charge in [0.2, 0.25) is 0 Å². The molecule has 0 rings (SSSR count). The SMILES string of the molecule is C=C([Si](CC)(CC)CC)S(=O)(=O)O.C=CS(=O)(=O)O. The van der Waals surface area contributed by atoms with Crippen LogP contribution in [0.5, 0.6) is 0 Å². The normalized spacial score (nSPS) is 12.3. The second kappa shape index (κ2) is 7.95. The van der Waals surface area contributed by atoms with Crippen molar-refractivity contribution >= 4 is 28.3 Å². The van der Waals surface area contributed by atoms with E-state index < -0.39 is 28.3 Å². The zero-order valence-electron chi connectivity index (χ0n) is 11.5. The van der Waals surface area contributed by atoms with Gasteiger partial charge in [-0.1, -0.05) is 52.1 Å². The summed E-state index contributed by atoms with van der Waals surface area (Å²) in [5.41, 5.74) is 0. The van der Waals surface area contributed by atoms with Gasteiger partial charge in [-0.05, 0) is 0 Å². The minimum atomic E-state index is -4.03. The molecule has 0 radical (unpaired) electrons. The molecule has 0 fully saturated rings. The maximum atomic E-state index is 10.9. The van der Waals surface area contributed by atoms with E-state index in [0.717, 1.165) is 18.1 Å². The van der Waals surface area contributed by atoms with Crippen LogP contribution in [0.4, 0.5) is 0 Å². The molecule has 0 spiro atoms. The molecule has 6 nitrogen and oxygen atoms in total. The summed E-state index contributed by atoms with van der Waals surface area (Å²) < 4.78 is 57.5. The number of hydrogen-bond donors (Lipinski definition) is 2. The topological polar surface area (TPSA) is 109 Å². The van der Waals surface area contributed by atoms with E-state index in [0.29, 0.717) is 5.41 Å². The van der Waals surface area contributed by atoms with Crippen LogP contribution in [0.25, 0.3) is 0 Å². The molecule has 114 valence electrons. The van der Waals surface area contributed by atoms with Gasteiger partial charge >= 0.3 is 0 Å². The van der Waals surface area contributed by atoms with Crippen molar-refractivity contribution in [2.75, 3.05) is 0 Å². The second-order valence-corrected chi connectivity index (χ2v) is 12.4. The Morgan fingerprint density at radius 3 is 1.37 bits per heavy atom. The molecule has 0 aliphatic carbocycles. The van der Waals surface area contributed by atoms with E-state index in [4.69, 9.17) is 9.11 Å². The van der Waals surface area contributed by atoms with E-state index >= 15 is 0 Å². The highest BCUT2D eigenvalue weighted by Crippen LogP contribution is 2.30. The second-order valence-electron chi connectivity index (χ2n) is 3.92. The zero-order valence-corrected chi connectivity index (χ0v) is 14.1. The summed E-state index contributed by atoms with van der Waals surface area (Å²) in [5.74, 6) is 0. The first-order valence-electron chi connectivity index (χ1n) is 5.67. The molecule has 2 N–H and O–H groups in total. The third-order valence-electron chi connectivity index (χ3n) is 3.14. The van der Waals surface area contributed by atoms with E-state index in [1.54, 1.807) is 0 Å². The molecule has 0 heterocycles. The Labute approximate surface area is 116 Å². The van der Waals surface area contributed by atoms with Gasteiger partial charge in [0, 0.05) is 4.53 Å². The van der Waals surface area contributed by atoms with Crippen molar-refractivity contribution in [3.8, 4) is 0 Å². The standard InChI is InChI=1S/C8H18O3SSi.C2H4O3S/c1-5-13(6-2,7-3)8(4)12(9,10)11;1-2-6(3,4)5/h4-7H2,1-3H3,(H,9,10,11);2H,1H2,(H,3,4,5). The molecular weight excluding hydrogens is 308 g/mol. The lowest BCUT2D eigenvalue weighted by molar-refractivity contribution is 0.491. The maximum absolute atomic E-state index is 10.9. The Morgan fingerprint density at radius 1 is 1.05 bits per heavy atom. The van der Waals surface area contributed by atoms with E-state index in [1.165, 1.54) is 0 Å². The van der Waals surface area contributed by atoms with Crippen LogP contribution in [-0.4, -0.2) is 34.0 Å². The van der Waals surface area contributed by atoms with Crippen LogP contribution in [0, 0.1) is 0 Å². The van der Waals surface area contributed by atoms with Crippen molar-refractivity contribution < 1.29 is 25.9 Å². The van der Waals surface area contributed by atoms with Crippen LogP contribution in [0.2, 0.25) is 18.1 Å². The molecule has 0 atom stereocenters. The van der Waals surface area contributed by atoms with Crippen molar-refractivity contribution in [2.24, 2.45) is 0 Å². The van der Waals surface area contributed by atoms with Gasteiger partial charge in [0.15, 0.2) is 0 Å². The highest BCUT2D eigenvalue weighted by molar-refractivity contribution is 7.92. The summed E-state index contributed by atoms with van der Waals surface area (Å²) in [7, 11) is -9.92. The highest BCUT2D eigenvalue weighted by atomic mass is 32.2. The molecule has 9 heteroatoms. The van der Waals surface area contributed by atoms with Crippen molar-refractivity contribution in [1.29, 1.82) is 0 Å². The molecule has 0 saturated carbocycles. The fraction of sp³-hybridized carbons (Fsp3) is 0.600. The average Bonchev–Trinajstić information content (AvgIpc) is 2.30. The van der Waals surface area contributed by atoms with Gasteiger partial charge in [-0.3, -0.25) is 9.11 Å². The molecule has 0 amide bonds. The largest absolute Gasteiger partial charge is 0.287 e. The fourth-order valence-electron chi connectivity index (χ4n) is 1.62. The minimum Gasteiger partial charge on any atom is -0.282 e. The first-order valence-corrected chi connectivity index (χ1v) is 11.2. The Morgan fingerprint density at radius 2 is 1.32 bits per heavy atom. The average molecular weight is 331 g/mol. The van der Waals surface area contributed by atoms with E-state index in [1.807, 2.05) is 20.8 Å². The molecule has 0 aliphatic heterocycles. The summed E-state index contributed by atoms with van der Waals surface area (Å²) in [5, 5.41) is 0.465. The molecule has 0 aliphatic rings. The van der Waals surface area contributed by atoms with E-state index in [9.17, 15) is 16.8 Å². The third-order valence-corrected chi connectivity index (χ3v) is 11.5. The molecule has 0 saturated heterocycles. The molecule has 0 unspecified atom stereocenters. The zero-order chi connectivity index (χ0) is 15.9. The van der Waals surface area contributed by atoms with Gasteiger partial charge in [0.25, 0.3) is 20.2 Å². The van der Waals surface area contributed by atoms with Crippen LogP contribution < -0.4 is 0 Å². The van der Waals surface area contributed by atoms with Gasteiger partial charge in [-0.25, -0.2) is 0 Å². The van der Waals surface area contributed by atoms with Crippen LogP contribution in [0.15, 0.2) is 23.1 Å². The molecule has 0 aromatic carbocycles. The minimum absolute atomic E-state index is 0.0903. The van der Waals surface area contributed by atoms with Gasteiger partial charge < -0.3 is 0 Å². The van der Waals surface area contributed by atoms with Gasteiger partial charge in [0.05, 0.1) is 5.41 Å². The first kappa shape index (κ1) is 20.8. The van der Waals surface area contributed by atoms with Gasteiger partial charge in [0.1, 0.15) is 8.07 Å². The van der Waals surface area contributed by atoms with Crippen molar-refractivity contribution in [1.82, 2.24) is 0 Å². The molecule has 0 aromatic heterocycles. The summed E-state index contributed by atoms with van der Waals surface area (Å²) in [6.45, 7) is 12.2. The molecule has 0 aromatic rings. The predicted molar refractivity (Wildman–Crippen MR) is 79.6 cm³/mol. The fourth-order valence-corrected chi connectivity index (χ4v) is 7.79. The highest BCUT2D eigenvalue weighted by Gasteiger charge is 2.36. The van der Waals surface area contributed by atoms with E-state index in [2.05, 4.69) is 13.2 Å². The quantitative estimate of drug-likeness (QED) is 0.572. The summed E-state index contributed by atoms with van der Waals surface area (Å²) in [6, 6.07) is 2.45. The van der Waals surface area contributed by atoms with Crippen molar-refractivity contribution in [3.05, 3.63) is 23.1 Å². The van der Waals surface area contributed by atoms with Crippen LogP contribution in [-0.2, 0) is 20.2 Å². The number of rotatable bonds is 6. The van der Waals surface area contributed by atoms with Crippen LogP contribution in [0.1, 0.15) is 20.8 Å². The van der Waals surface area contributed by atoms with E-state index in [-0.39, 0.29) is 4.53 Å². The molecule has 19 heavy (non-hydrogen) atoms. The molecule has 0 bridgehead atoms. The summed E-state index contributed by atoms with van der Waals surface area (Å²) in [4.78, 5) is 0. The van der Waals surface area contributed by atoms with Gasteiger partial charge in [-0.15, -0.1) is 0 Å². The lowest BCUT2D eigenvalue weighted by Gasteiger charge is -2.27. The Kier molecular flexibility index (Phi) is 8.71. The third kappa shape index (κ3) is 7.63. The summed E-state index contributed by atoms with van der Waals surface area (Å²) in [6.07, 6.45) is 0. The maximum Gasteiger partial charge on any atom is 0.287 e. The summed E-state index contributed by atoms with van der Waals surface area (Å²) >= 11 is 0. The van der Waals surface area contributed by atoms with Gasteiger partial charge in [-0.2, -0.15) is 16.8 Å². The Balaban J connectivity index is 0. The monoisotopic (exact) mass is 330 g/mol. The Bertz CT molecular complexity index is 482.